The maximum absolute atomic E-state index is 10.2. The molecule has 0 aliphatic carbocycles. The van der Waals surface area contributed by atoms with Crippen LogP contribution >= 0.6 is 0 Å². The van der Waals surface area contributed by atoms with Gasteiger partial charge in [-0.15, -0.1) is 0 Å². The molecule has 0 aromatic carbocycles. The van der Waals surface area contributed by atoms with E-state index in [1.54, 1.807) is 0 Å². The van der Waals surface area contributed by atoms with Gasteiger partial charge in [0.25, 0.3) is 0 Å². The molecule has 0 saturated heterocycles. The number of carboxylic acid groups (broad SMARTS) is 3. The van der Waals surface area contributed by atoms with E-state index in [-0.39, 0.29) is 212 Å². The minimum Gasteiger partial charge on any atom is -0.550 e. The molecule has 7 nitrogen and oxygen atoms in total. The SMILES string of the molecule is O=C([O-])CCN(CC(=O)[O-])CC(=O)O.[K+].[K+].[K+].[K+]. The fourth-order valence-corrected chi connectivity index (χ4v) is 0.837. The van der Waals surface area contributed by atoms with E-state index in [1.165, 1.54) is 0 Å². The van der Waals surface area contributed by atoms with E-state index in [0.29, 0.717) is 0 Å². The average molecular weight is 360 g/mol. The summed E-state index contributed by atoms with van der Waals surface area (Å²) in [5.74, 6) is -4.05. The van der Waals surface area contributed by atoms with Crippen molar-refractivity contribution in [3.8, 4) is 0 Å². The molecule has 0 saturated carbocycles. The van der Waals surface area contributed by atoms with Crippen LogP contribution in [0.5, 0.6) is 0 Å². The van der Waals surface area contributed by atoms with Gasteiger partial charge < -0.3 is 24.9 Å². The van der Waals surface area contributed by atoms with Gasteiger partial charge in [-0.05, 0) is 6.42 Å². The molecule has 0 aromatic rings. The van der Waals surface area contributed by atoms with Crippen LogP contribution in [0.3, 0.4) is 0 Å². The van der Waals surface area contributed by atoms with Crippen molar-refractivity contribution in [1.82, 2.24) is 4.90 Å². The van der Waals surface area contributed by atoms with E-state index in [2.05, 4.69) is 0 Å². The Balaban J connectivity index is -0.000000141. The summed E-state index contributed by atoms with van der Waals surface area (Å²) < 4.78 is 0. The Morgan fingerprint density at radius 3 is 1.61 bits per heavy atom. The second kappa shape index (κ2) is 21.9. The number of carbonyl (C=O) groups excluding carboxylic acids is 2. The predicted octanol–water partition coefficient (Wildman–Crippen LogP) is -15.7. The quantitative estimate of drug-likeness (QED) is 0.448. The van der Waals surface area contributed by atoms with E-state index >= 15 is 0 Å². The van der Waals surface area contributed by atoms with Gasteiger partial charge in [0, 0.05) is 19.1 Å². The Morgan fingerprint density at radius 1 is 0.889 bits per heavy atom. The van der Waals surface area contributed by atoms with Crippen molar-refractivity contribution in [2.45, 2.75) is 6.42 Å². The van der Waals surface area contributed by atoms with E-state index < -0.39 is 37.4 Å². The van der Waals surface area contributed by atoms with Crippen molar-refractivity contribution in [1.29, 1.82) is 0 Å². The molecule has 0 unspecified atom stereocenters. The molecule has 0 rings (SSSR count). The molecule has 0 aromatic heterocycles. The molecule has 0 aliphatic heterocycles. The summed E-state index contributed by atoms with van der Waals surface area (Å²) in [6.45, 7) is -1.34. The smallest absolute Gasteiger partial charge is 0.550 e. The van der Waals surface area contributed by atoms with Gasteiger partial charge in [0.1, 0.15) is 0 Å². The molecule has 0 fully saturated rings. The summed E-state index contributed by atoms with van der Waals surface area (Å²) in [6, 6.07) is 0. The Morgan fingerprint density at radius 2 is 1.33 bits per heavy atom. The summed E-state index contributed by atoms with van der Waals surface area (Å²) in [5.41, 5.74) is 0. The average Bonchev–Trinajstić information content (AvgIpc) is 1.97. The first-order valence-electron chi connectivity index (χ1n) is 3.75. The second-order valence-corrected chi connectivity index (χ2v) is 2.60. The number of hydrogen-bond donors (Lipinski definition) is 1. The Hall–Kier alpha value is 4.92. The fourth-order valence-electron chi connectivity index (χ4n) is 0.837. The van der Waals surface area contributed by atoms with Gasteiger partial charge in [-0.3, -0.25) is 9.69 Å². The molecule has 11 heteroatoms. The molecule has 0 spiro atoms. The van der Waals surface area contributed by atoms with Crippen LogP contribution in [-0.4, -0.2) is 47.5 Å². The summed E-state index contributed by atoms with van der Waals surface area (Å²) in [6.07, 6.45) is -0.416. The second-order valence-electron chi connectivity index (χ2n) is 2.60. The molecule has 80 valence electrons. The minimum absolute atomic E-state index is 0. The topological polar surface area (TPSA) is 121 Å². The summed E-state index contributed by atoms with van der Waals surface area (Å²) in [5, 5.41) is 28.5. The number of rotatable bonds is 7. The van der Waals surface area contributed by atoms with E-state index in [0.717, 1.165) is 4.90 Å². The largest absolute Gasteiger partial charge is 1.00 e. The molecule has 1 N–H and O–H groups in total. The van der Waals surface area contributed by atoms with Gasteiger partial charge in [-0.2, -0.15) is 0 Å². The molecular formula is C7H9K4NO6+2. The first kappa shape index (κ1) is 34.3. The zero-order valence-corrected chi connectivity index (χ0v) is 23.8. The standard InChI is InChI=1S/C7H11NO6.4K/c9-5(10)1-2-8(3-6(11)12)4-7(13)14;;;;/h1-4H2,(H,9,10)(H,11,12)(H,13,14);;;;/q;4*+1/p-2. The third kappa shape index (κ3) is 25.8. The predicted molar refractivity (Wildman–Crippen MR) is 38.7 cm³/mol. The maximum atomic E-state index is 10.2. The van der Waals surface area contributed by atoms with Crippen LogP contribution in [0.1, 0.15) is 6.42 Å². The molecular weight excluding hydrogens is 350 g/mol. The maximum Gasteiger partial charge on any atom is 1.00 e. The van der Waals surface area contributed by atoms with Crippen molar-refractivity contribution in [2.75, 3.05) is 19.6 Å². The van der Waals surface area contributed by atoms with E-state index in [1.807, 2.05) is 0 Å². The molecule has 0 bridgehead atoms. The number of aliphatic carboxylic acids is 3. The summed E-state index contributed by atoms with van der Waals surface area (Å²) >= 11 is 0. The first-order valence-corrected chi connectivity index (χ1v) is 3.75. The Labute approximate surface area is 275 Å². The van der Waals surface area contributed by atoms with Crippen LogP contribution in [0.15, 0.2) is 0 Å². The monoisotopic (exact) mass is 359 g/mol. The molecule has 0 atom stereocenters. The number of carboxylic acids is 3. The van der Waals surface area contributed by atoms with Gasteiger partial charge in [-0.25, -0.2) is 0 Å². The fraction of sp³-hybridized carbons (Fsp3) is 0.571. The normalized spacial score (nSPS) is 7.83. The van der Waals surface area contributed by atoms with Crippen LogP contribution in [-0.2, 0) is 14.4 Å². The van der Waals surface area contributed by atoms with Gasteiger partial charge in [-0.1, -0.05) is 0 Å². The van der Waals surface area contributed by atoms with Crippen molar-refractivity contribution in [3.05, 3.63) is 0 Å². The van der Waals surface area contributed by atoms with Crippen LogP contribution in [0.4, 0.5) is 0 Å². The minimum atomic E-state index is -1.45. The van der Waals surface area contributed by atoms with Gasteiger partial charge >= 0.3 is 212 Å². The van der Waals surface area contributed by atoms with Crippen molar-refractivity contribution < 1.29 is 235 Å². The van der Waals surface area contributed by atoms with Crippen LogP contribution < -0.4 is 216 Å². The zero-order valence-electron chi connectivity index (χ0n) is 11.3. The Kier molecular flexibility index (Phi) is 41.7. The van der Waals surface area contributed by atoms with Crippen molar-refractivity contribution >= 4 is 17.9 Å². The van der Waals surface area contributed by atoms with Crippen LogP contribution in [0, 0.1) is 0 Å². The first-order chi connectivity index (χ1) is 6.41. The van der Waals surface area contributed by atoms with Gasteiger partial charge in [0.15, 0.2) is 0 Å². The van der Waals surface area contributed by atoms with Crippen molar-refractivity contribution in [3.63, 3.8) is 0 Å². The molecule has 0 amide bonds. The molecule has 0 aliphatic rings. The molecule has 0 radical (unpaired) electrons. The number of nitrogens with zero attached hydrogens (tertiary/aromatic N) is 1. The van der Waals surface area contributed by atoms with E-state index in [4.69, 9.17) is 5.11 Å². The molecule has 18 heavy (non-hydrogen) atoms. The van der Waals surface area contributed by atoms with E-state index in [9.17, 15) is 24.6 Å². The van der Waals surface area contributed by atoms with Gasteiger partial charge in [0.2, 0.25) is 0 Å². The van der Waals surface area contributed by atoms with Gasteiger partial charge in [0.05, 0.1) is 12.5 Å². The molecule has 0 heterocycles. The van der Waals surface area contributed by atoms with Crippen LogP contribution in [0.2, 0.25) is 0 Å². The zero-order chi connectivity index (χ0) is 11.1. The number of hydrogen-bond acceptors (Lipinski definition) is 6. The van der Waals surface area contributed by atoms with Crippen LogP contribution in [0.25, 0.3) is 0 Å². The van der Waals surface area contributed by atoms with Crippen molar-refractivity contribution in [2.24, 2.45) is 0 Å². The summed E-state index contributed by atoms with van der Waals surface area (Å²) in [7, 11) is 0. The third-order valence-electron chi connectivity index (χ3n) is 1.34. The number of carbonyl (C=O) groups is 3. The Bertz CT molecular complexity index is 236. The summed E-state index contributed by atoms with van der Waals surface area (Å²) in [4.78, 5) is 31.3. The third-order valence-corrected chi connectivity index (χ3v) is 1.34.